The molecule has 0 aliphatic heterocycles. The molecule has 0 saturated heterocycles. The van der Waals surface area contributed by atoms with E-state index in [1.54, 1.807) is 12.1 Å². The first kappa shape index (κ1) is 12.4. The molecule has 3 N–H and O–H groups in total. The lowest BCUT2D eigenvalue weighted by Gasteiger charge is -1.91. The topological polar surface area (TPSA) is 111 Å². The number of fused-ring (bicyclic) bond motifs is 1. The van der Waals surface area contributed by atoms with Gasteiger partial charge >= 0.3 is 15.9 Å². The Kier molecular flexibility index (Phi) is 3.78. The molecule has 0 fully saturated rings. The van der Waals surface area contributed by atoms with Crippen molar-refractivity contribution in [2.75, 3.05) is 0 Å². The maximum absolute atomic E-state index is 10.7. The number of hydrogen-bond acceptors (Lipinski definition) is 4. The smallest absolute Gasteiger partial charge is 0.336 e. The molecule has 1 aromatic carbocycles. The number of benzene rings is 1. The maximum atomic E-state index is 10.7. The zero-order valence-electron chi connectivity index (χ0n) is 8.03. The van der Waals surface area contributed by atoms with Crippen molar-refractivity contribution in [3.05, 3.63) is 46.8 Å². The van der Waals surface area contributed by atoms with Crippen molar-refractivity contribution in [2.24, 2.45) is 5.14 Å². The van der Waals surface area contributed by atoms with Gasteiger partial charge in [-0.25, -0.2) is 9.93 Å². The molecule has 0 spiro atoms. The average molecular weight is 243 g/mol. The molecule has 0 aliphatic carbocycles. The van der Waals surface area contributed by atoms with Crippen LogP contribution in [0.2, 0.25) is 0 Å². The predicted molar refractivity (Wildman–Crippen MR) is 58.2 cm³/mol. The molecule has 7 heteroatoms. The van der Waals surface area contributed by atoms with E-state index in [4.69, 9.17) is 17.4 Å². The molecular formula is C9H9NO5S. The largest absolute Gasteiger partial charge is 0.423 e. The van der Waals surface area contributed by atoms with Crippen LogP contribution in [-0.4, -0.2) is 13.0 Å². The summed E-state index contributed by atoms with van der Waals surface area (Å²) in [5.41, 5.74) is 0.337. The Morgan fingerprint density at radius 1 is 1.12 bits per heavy atom. The van der Waals surface area contributed by atoms with E-state index in [-0.39, 0.29) is 5.63 Å². The van der Waals surface area contributed by atoms with Gasteiger partial charge in [0.1, 0.15) is 5.58 Å². The quantitative estimate of drug-likeness (QED) is 0.518. The standard InChI is InChI=1S/C9H6O2.H3NO3S/c10-9-6-5-7-3-1-2-4-8(7)11-9;1-5(2,3)4/h1-6H;(H3,1,2,3,4). The third kappa shape index (κ3) is 4.69. The molecule has 0 aliphatic rings. The predicted octanol–water partition coefficient (Wildman–Crippen LogP) is 0.541. The molecule has 1 heterocycles. The second kappa shape index (κ2) is 4.88. The summed E-state index contributed by atoms with van der Waals surface area (Å²) in [5, 5.41) is 4.83. The Morgan fingerprint density at radius 3 is 2.31 bits per heavy atom. The normalized spacial score (nSPS) is 10.6. The third-order valence-electron chi connectivity index (χ3n) is 1.53. The van der Waals surface area contributed by atoms with Crippen molar-refractivity contribution < 1.29 is 17.4 Å². The van der Waals surface area contributed by atoms with E-state index in [0.29, 0.717) is 5.58 Å². The highest BCUT2D eigenvalue weighted by molar-refractivity contribution is 7.83. The zero-order chi connectivity index (χ0) is 12.2. The average Bonchev–Trinajstić information content (AvgIpc) is 2.15. The van der Waals surface area contributed by atoms with Gasteiger partial charge in [-0.3, -0.25) is 4.55 Å². The summed E-state index contributed by atoms with van der Waals surface area (Å²) in [6.07, 6.45) is 0. The summed E-state index contributed by atoms with van der Waals surface area (Å²) >= 11 is 0. The Morgan fingerprint density at radius 2 is 1.69 bits per heavy atom. The highest BCUT2D eigenvalue weighted by atomic mass is 32.2. The van der Waals surface area contributed by atoms with Crippen LogP contribution in [0.25, 0.3) is 11.0 Å². The molecule has 6 nitrogen and oxygen atoms in total. The summed E-state index contributed by atoms with van der Waals surface area (Å²) in [7, 11) is -4.17. The van der Waals surface area contributed by atoms with Gasteiger partial charge in [0.25, 0.3) is 0 Å². The van der Waals surface area contributed by atoms with Crippen molar-refractivity contribution in [1.29, 1.82) is 0 Å². The molecule has 0 bridgehead atoms. The number of hydrogen-bond donors (Lipinski definition) is 2. The van der Waals surface area contributed by atoms with Crippen LogP contribution >= 0.6 is 0 Å². The van der Waals surface area contributed by atoms with Crippen molar-refractivity contribution in [3.63, 3.8) is 0 Å². The molecule has 86 valence electrons. The number of nitrogens with two attached hydrogens (primary N) is 1. The molecular weight excluding hydrogens is 234 g/mol. The van der Waals surface area contributed by atoms with Crippen LogP contribution in [0, 0.1) is 0 Å². The van der Waals surface area contributed by atoms with Gasteiger partial charge in [0.15, 0.2) is 0 Å². The van der Waals surface area contributed by atoms with Gasteiger partial charge < -0.3 is 4.42 Å². The van der Waals surface area contributed by atoms with Crippen LogP contribution in [0.4, 0.5) is 0 Å². The van der Waals surface area contributed by atoms with Crippen molar-refractivity contribution in [2.45, 2.75) is 0 Å². The van der Waals surface area contributed by atoms with E-state index in [0.717, 1.165) is 5.39 Å². The van der Waals surface area contributed by atoms with E-state index >= 15 is 0 Å². The second-order valence-corrected chi connectivity index (χ2v) is 3.84. The molecule has 2 rings (SSSR count). The molecule has 2 aromatic rings. The van der Waals surface area contributed by atoms with Crippen molar-refractivity contribution >= 4 is 21.3 Å². The highest BCUT2D eigenvalue weighted by Crippen LogP contribution is 2.08. The van der Waals surface area contributed by atoms with Gasteiger partial charge in [-0.05, 0) is 12.1 Å². The lowest BCUT2D eigenvalue weighted by Crippen LogP contribution is -2.08. The Bertz CT molecular complexity index is 623. The van der Waals surface area contributed by atoms with E-state index in [2.05, 4.69) is 5.14 Å². The van der Waals surface area contributed by atoms with Gasteiger partial charge in [0.2, 0.25) is 0 Å². The Labute approximate surface area is 91.2 Å². The van der Waals surface area contributed by atoms with Crippen LogP contribution in [-0.2, 0) is 10.3 Å². The first-order valence-corrected chi connectivity index (χ1v) is 5.61. The fraction of sp³-hybridized carbons (Fsp3) is 0. The van der Waals surface area contributed by atoms with Crippen LogP contribution in [0.5, 0.6) is 0 Å². The fourth-order valence-corrected chi connectivity index (χ4v) is 1.01. The van der Waals surface area contributed by atoms with E-state index < -0.39 is 10.3 Å². The SMILES string of the molecule is NS(=O)(=O)O.O=c1ccc2ccccc2o1. The molecule has 0 unspecified atom stereocenters. The molecule has 1 aromatic heterocycles. The number of rotatable bonds is 0. The van der Waals surface area contributed by atoms with Gasteiger partial charge in [-0.1, -0.05) is 18.2 Å². The molecule has 0 amide bonds. The van der Waals surface area contributed by atoms with Crippen LogP contribution in [0.3, 0.4) is 0 Å². The van der Waals surface area contributed by atoms with Gasteiger partial charge in [-0.2, -0.15) is 8.42 Å². The van der Waals surface area contributed by atoms with Gasteiger partial charge in [0, 0.05) is 11.5 Å². The van der Waals surface area contributed by atoms with E-state index in [9.17, 15) is 4.79 Å². The summed E-state index contributed by atoms with van der Waals surface area (Å²) in [4.78, 5) is 10.7. The second-order valence-electron chi connectivity index (χ2n) is 2.81. The van der Waals surface area contributed by atoms with Crippen LogP contribution < -0.4 is 10.8 Å². The highest BCUT2D eigenvalue weighted by Gasteiger charge is 1.92. The van der Waals surface area contributed by atoms with Crippen LogP contribution in [0.15, 0.2) is 45.6 Å². The summed E-state index contributed by atoms with van der Waals surface area (Å²) in [6.45, 7) is 0. The van der Waals surface area contributed by atoms with Crippen molar-refractivity contribution in [3.8, 4) is 0 Å². The lowest BCUT2D eigenvalue weighted by atomic mass is 10.2. The summed E-state index contributed by atoms with van der Waals surface area (Å²) in [5.74, 6) is 0. The molecule has 0 atom stereocenters. The minimum absolute atomic E-state index is 0.302. The minimum atomic E-state index is -4.17. The van der Waals surface area contributed by atoms with Gasteiger partial charge in [0.05, 0.1) is 0 Å². The summed E-state index contributed by atoms with van der Waals surface area (Å²) in [6, 6.07) is 10.6. The third-order valence-corrected chi connectivity index (χ3v) is 1.53. The van der Waals surface area contributed by atoms with E-state index in [1.807, 2.05) is 18.2 Å². The fourth-order valence-electron chi connectivity index (χ4n) is 1.01. The molecule has 16 heavy (non-hydrogen) atoms. The van der Waals surface area contributed by atoms with E-state index in [1.165, 1.54) is 6.07 Å². The first-order valence-electron chi connectivity index (χ1n) is 4.10. The van der Waals surface area contributed by atoms with Crippen LogP contribution in [0.1, 0.15) is 0 Å². The zero-order valence-corrected chi connectivity index (χ0v) is 8.85. The van der Waals surface area contributed by atoms with Crippen molar-refractivity contribution in [1.82, 2.24) is 0 Å². The first-order chi connectivity index (χ1) is 7.36. The number of para-hydroxylation sites is 1. The minimum Gasteiger partial charge on any atom is -0.423 e. The summed E-state index contributed by atoms with van der Waals surface area (Å²) < 4.78 is 30.1. The lowest BCUT2D eigenvalue weighted by molar-refractivity contribution is 0.485. The maximum Gasteiger partial charge on any atom is 0.336 e. The van der Waals surface area contributed by atoms with Gasteiger partial charge in [-0.15, -0.1) is 0 Å². The molecule has 0 saturated carbocycles. The Balaban J connectivity index is 0.000000221. The Hall–Kier alpha value is -1.70. The molecule has 0 radical (unpaired) electrons. The monoisotopic (exact) mass is 243 g/mol.